The van der Waals surface area contributed by atoms with Crippen LogP contribution in [-0.4, -0.2) is 19.2 Å². The quantitative estimate of drug-likeness (QED) is 0.426. The number of hydrogen-bond donors (Lipinski definition) is 0. The molecule has 1 aliphatic carbocycles. The second kappa shape index (κ2) is 3.91. The summed E-state index contributed by atoms with van der Waals surface area (Å²) in [6.07, 6.45) is 2.67. The number of aliphatic imine (C=N–C) groups is 1. The maximum absolute atomic E-state index is 11.8. The molecule has 0 spiro atoms. The molecule has 0 radical (unpaired) electrons. The SMILES string of the molecule is COC(=O)C1(N=C=O)CCc2ccccc21. The summed E-state index contributed by atoms with van der Waals surface area (Å²) >= 11 is 0. The Kier molecular flexibility index (Phi) is 2.59. The number of carbonyl (C=O) groups excluding carboxylic acids is 2. The fraction of sp³-hybridized carbons (Fsp3) is 0.333. The van der Waals surface area contributed by atoms with Crippen LogP contribution in [-0.2, 0) is 26.3 Å². The third-order valence-corrected chi connectivity index (χ3v) is 2.98. The second-order valence-corrected chi connectivity index (χ2v) is 3.71. The van der Waals surface area contributed by atoms with E-state index in [1.165, 1.54) is 13.2 Å². The molecule has 2 rings (SSSR count). The summed E-state index contributed by atoms with van der Waals surface area (Å²) in [5.41, 5.74) is 0.615. The van der Waals surface area contributed by atoms with E-state index in [9.17, 15) is 9.59 Å². The fourth-order valence-corrected chi connectivity index (χ4v) is 2.21. The van der Waals surface area contributed by atoms with Gasteiger partial charge in [0.1, 0.15) is 0 Å². The molecule has 1 atom stereocenters. The third-order valence-electron chi connectivity index (χ3n) is 2.98. The summed E-state index contributed by atoms with van der Waals surface area (Å²) in [4.78, 5) is 26.0. The molecule has 82 valence electrons. The van der Waals surface area contributed by atoms with Crippen molar-refractivity contribution >= 4 is 12.0 Å². The Morgan fingerprint density at radius 1 is 1.50 bits per heavy atom. The molecule has 0 saturated heterocycles. The first-order chi connectivity index (χ1) is 7.74. The lowest BCUT2D eigenvalue weighted by Gasteiger charge is -2.20. The van der Waals surface area contributed by atoms with Gasteiger partial charge in [0.15, 0.2) is 5.54 Å². The first-order valence-corrected chi connectivity index (χ1v) is 5.00. The minimum Gasteiger partial charge on any atom is -0.467 e. The normalized spacial score (nSPS) is 22.1. The van der Waals surface area contributed by atoms with Gasteiger partial charge in [-0.3, -0.25) is 0 Å². The molecule has 0 aromatic heterocycles. The average molecular weight is 217 g/mol. The van der Waals surface area contributed by atoms with Gasteiger partial charge in [0.25, 0.3) is 0 Å². The summed E-state index contributed by atoms with van der Waals surface area (Å²) in [6, 6.07) is 7.46. The van der Waals surface area contributed by atoms with E-state index in [2.05, 4.69) is 4.99 Å². The largest absolute Gasteiger partial charge is 0.467 e. The van der Waals surface area contributed by atoms with Crippen LogP contribution in [0, 0.1) is 0 Å². The lowest BCUT2D eigenvalue weighted by molar-refractivity contribution is -0.147. The van der Waals surface area contributed by atoms with Gasteiger partial charge in [-0.15, -0.1) is 0 Å². The maximum atomic E-state index is 11.8. The van der Waals surface area contributed by atoms with E-state index < -0.39 is 11.5 Å². The number of isocyanates is 1. The molecule has 1 aromatic carbocycles. The average Bonchev–Trinajstić information content (AvgIpc) is 2.69. The molecule has 1 unspecified atom stereocenters. The Hall–Kier alpha value is -1.93. The highest BCUT2D eigenvalue weighted by molar-refractivity contribution is 5.85. The highest BCUT2D eigenvalue weighted by Gasteiger charge is 2.46. The van der Waals surface area contributed by atoms with Gasteiger partial charge in [-0.05, 0) is 24.0 Å². The monoisotopic (exact) mass is 217 g/mol. The summed E-state index contributed by atoms with van der Waals surface area (Å²) in [6.45, 7) is 0. The van der Waals surface area contributed by atoms with Gasteiger partial charge < -0.3 is 4.74 Å². The van der Waals surface area contributed by atoms with E-state index in [1.54, 1.807) is 6.07 Å². The smallest absolute Gasteiger partial charge is 0.339 e. The molecule has 0 saturated carbocycles. The summed E-state index contributed by atoms with van der Waals surface area (Å²) in [7, 11) is 1.30. The van der Waals surface area contributed by atoms with E-state index in [0.717, 1.165) is 17.5 Å². The number of methoxy groups -OCH3 is 1. The second-order valence-electron chi connectivity index (χ2n) is 3.71. The zero-order valence-electron chi connectivity index (χ0n) is 8.90. The molecule has 0 N–H and O–H groups in total. The number of fused-ring (bicyclic) bond motifs is 1. The number of rotatable bonds is 2. The van der Waals surface area contributed by atoms with Crippen molar-refractivity contribution in [2.45, 2.75) is 18.4 Å². The van der Waals surface area contributed by atoms with Gasteiger partial charge in [-0.1, -0.05) is 24.3 Å². The Balaban J connectivity index is 2.60. The molecule has 1 aromatic rings. The summed E-state index contributed by atoms with van der Waals surface area (Å²) < 4.78 is 4.74. The van der Waals surface area contributed by atoms with E-state index in [1.807, 2.05) is 18.2 Å². The van der Waals surface area contributed by atoms with Crippen LogP contribution in [0.15, 0.2) is 29.3 Å². The van der Waals surface area contributed by atoms with E-state index >= 15 is 0 Å². The molecule has 1 aliphatic rings. The van der Waals surface area contributed by atoms with Gasteiger partial charge in [0.05, 0.1) is 7.11 Å². The predicted molar refractivity (Wildman–Crippen MR) is 56.6 cm³/mol. The first-order valence-electron chi connectivity index (χ1n) is 5.00. The van der Waals surface area contributed by atoms with Crippen molar-refractivity contribution < 1.29 is 14.3 Å². The zero-order valence-corrected chi connectivity index (χ0v) is 8.90. The third kappa shape index (κ3) is 1.35. The van der Waals surface area contributed by atoms with Crippen molar-refractivity contribution in [2.24, 2.45) is 4.99 Å². The van der Waals surface area contributed by atoms with Gasteiger partial charge in [0, 0.05) is 0 Å². The van der Waals surface area contributed by atoms with Crippen molar-refractivity contribution in [2.75, 3.05) is 7.11 Å². The molecule has 0 bridgehead atoms. The highest BCUT2D eigenvalue weighted by Crippen LogP contribution is 2.40. The van der Waals surface area contributed by atoms with Gasteiger partial charge in [-0.25, -0.2) is 9.59 Å². The topological polar surface area (TPSA) is 55.7 Å². The van der Waals surface area contributed by atoms with Crippen LogP contribution in [0.2, 0.25) is 0 Å². The number of carbonyl (C=O) groups is 1. The molecule has 4 heteroatoms. The first kappa shape index (κ1) is 10.6. The maximum Gasteiger partial charge on any atom is 0.339 e. The lowest BCUT2D eigenvalue weighted by Crippen LogP contribution is -2.32. The van der Waals surface area contributed by atoms with Crippen LogP contribution in [0.25, 0.3) is 0 Å². The van der Waals surface area contributed by atoms with Crippen molar-refractivity contribution in [1.82, 2.24) is 0 Å². The molecule has 16 heavy (non-hydrogen) atoms. The van der Waals surface area contributed by atoms with Crippen LogP contribution in [0.1, 0.15) is 17.5 Å². The van der Waals surface area contributed by atoms with Crippen molar-refractivity contribution in [3.05, 3.63) is 35.4 Å². The molecule has 4 nitrogen and oxygen atoms in total. The van der Waals surface area contributed by atoms with Crippen molar-refractivity contribution in [3.63, 3.8) is 0 Å². The number of ether oxygens (including phenoxy) is 1. The number of nitrogens with zero attached hydrogens (tertiary/aromatic N) is 1. The number of hydrogen-bond acceptors (Lipinski definition) is 4. The van der Waals surface area contributed by atoms with Crippen molar-refractivity contribution in [1.29, 1.82) is 0 Å². The van der Waals surface area contributed by atoms with E-state index in [4.69, 9.17) is 4.74 Å². The van der Waals surface area contributed by atoms with Gasteiger partial charge in [0.2, 0.25) is 6.08 Å². The molecule has 0 fully saturated rings. The van der Waals surface area contributed by atoms with Crippen LogP contribution >= 0.6 is 0 Å². The molecule has 0 aliphatic heterocycles. The molecular formula is C12H11NO3. The number of aryl methyl sites for hydroxylation is 1. The van der Waals surface area contributed by atoms with Gasteiger partial charge >= 0.3 is 5.97 Å². The lowest BCUT2D eigenvalue weighted by atomic mass is 9.93. The van der Waals surface area contributed by atoms with Crippen molar-refractivity contribution in [3.8, 4) is 0 Å². The summed E-state index contributed by atoms with van der Waals surface area (Å²) in [5.74, 6) is -0.499. The van der Waals surface area contributed by atoms with Gasteiger partial charge in [-0.2, -0.15) is 4.99 Å². The standard InChI is InChI=1S/C12H11NO3/c1-16-11(15)12(13-8-14)7-6-9-4-2-3-5-10(9)12/h2-5H,6-7H2,1H3. The number of benzene rings is 1. The Bertz CT molecular complexity index is 477. The van der Waals surface area contributed by atoms with Crippen LogP contribution in [0.4, 0.5) is 0 Å². The van der Waals surface area contributed by atoms with E-state index in [-0.39, 0.29) is 0 Å². The minimum absolute atomic E-state index is 0.467. The molecule has 0 heterocycles. The Labute approximate surface area is 92.9 Å². The Morgan fingerprint density at radius 2 is 2.25 bits per heavy atom. The van der Waals surface area contributed by atoms with Crippen LogP contribution < -0.4 is 0 Å². The number of esters is 1. The predicted octanol–water partition coefficient (Wildman–Crippen LogP) is 1.34. The van der Waals surface area contributed by atoms with Crippen LogP contribution in [0.3, 0.4) is 0 Å². The fourth-order valence-electron chi connectivity index (χ4n) is 2.21. The summed E-state index contributed by atoms with van der Waals surface area (Å²) in [5, 5.41) is 0. The van der Waals surface area contributed by atoms with Crippen LogP contribution in [0.5, 0.6) is 0 Å². The minimum atomic E-state index is -1.17. The molecule has 0 amide bonds. The van der Waals surface area contributed by atoms with E-state index in [0.29, 0.717) is 6.42 Å². The Morgan fingerprint density at radius 3 is 2.94 bits per heavy atom. The highest BCUT2D eigenvalue weighted by atomic mass is 16.5. The zero-order chi connectivity index (χ0) is 11.6. The molecular weight excluding hydrogens is 206 g/mol.